The molecule has 6 heteroatoms. The molecule has 1 fully saturated rings. The highest BCUT2D eigenvalue weighted by molar-refractivity contribution is 5.85. The molecular weight excluding hydrogens is 321 g/mol. The van der Waals surface area contributed by atoms with E-state index < -0.39 is 6.04 Å². The van der Waals surface area contributed by atoms with E-state index in [0.717, 1.165) is 32.5 Å². The van der Waals surface area contributed by atoms with Crippen LogP contribution in [0.5, 0.6) is 0 Å². The van der Waals surface area contributed by atoms with E-state index in [1.165, 1.54) is 5.56 Å². The summed E-state index contributed by atoms with van der Waals surface area (Å²) in [6, 6.07) is 10.5. The summed E-state index contributed by atoms with van der Waals surface area (Å²) in [5.74, 6) is 0.0477. The summed E-state index contributed by atoms with van der Waals surface area (Å²) in [7, 11) is 1.88. The quantitative estimate of drug-likeness (QED) is 0.908. The minimum atomic E-state index is -0.401. The molecule has 2 N–H and O–H groups in total. The van der Waals surface area contributed by atoms with Gasteiger partial charge in [0.05, 0.1) is 6.04 Å². The van der Waals surface area contributed by atoms with Gasteiger partial charge in [0.2, 0.25) is 5.91 Å². The van der Waals surface area contributed by atoms with E-state index in [0.29, 0.717) is 6.04 Å². The second kappa shape index (κ2) is 10.1. The number of carbonyl (C=O) groups is 1. The van der Waals surface area contributed by atoms with Gasteiger partial charge >= 0.3 is 0 Å². The molecule has 0 unspecified atom stereocenters. The zero-order valence-electron chi connectivity index (χ0n) is 13.3. The summed E-state index contributed by atoms with van der Waals surface area (Å²) in [6.45, 7) is 4.83. The molecule has 0 bridgehead atoms. The van der Waals surface area contributed by atoms with Crippen molar-refractivity contribution < 1.29 is 4.79 Å². The lowest BCUT2D eigenvalue weighted by molar-refractivity contribution is -0.133. The highest BCUT2D eigenvalue weighted by atomic mass is 35.5. The van der Waals surface area contributed by atoms with Gasteiger partial charge in [-0.1, -0.05) is 30.3 Å². The lowest BCUT2D eigenvalue weighted by atomic mass is 10.0. The molecule has 126 valence electrons. The first-order valence-electron chi connectivity index (χ1n) is 7.36. The summed E-state index contributed by atoms with van der Waals surface area (Å²) < 4.78 is 0. The van der Waals surface area contributed by atoms with Crippen LogP contribution >= 0.6 is 24.8 Å². The largest absolute Gasteiger partial charge is 0.341 e. The maximum Gasteiger partial charge on any atom is 0.239 e. The Kier molecular flexibility index (Phi) is 9.69. The zero-order chi connectivity index (χ0) is 14.5. The Morgan fingerprint density at radius 1 is 1.27 bits per heavy atom. The SMILES string of the molecule is C[C@@H](N)C(=O)N(C)C1CCN(Cc2ccccc2)CC1.Cl.Cl. The summed E-state index contributed by atoms with van der Waals surface area (Å²) in [5, 5.41) is 0. The van der Waals surface area contributed by atoms with E-state index in [1.807, 2.05) is 18.0 Å². The maximum atomic E-state index is 11.9. The lowest BCUT2D eigenvalue weighted by Gasteiger charge is -2.37. The number of likely N-dealkylation sites (N-methyl/N-ethyl adjacent to an activating group) is 1. The van der Waals surface area contributed by atoms with Crippen LogP contribution in [0.1, 0.15) is 25.3 Å². The smallest absolute Gasteiger partial charge is 0.239 e. The van der Waals surface area contributed by atoms with Crippen molar-refractivity contribution >= 4 is 30.7 Å². The molecule has 1 atom stereocenters. The third kappa shape index (κ3) is 5.76. The van der Waals surface area contributed by atoms with Gasteiger partial charge in [-0.25, -0.2) is 0 Å². The van der Waals surface area contributed by atoms with Gasteiger partial charge in [-0.3, -0.25) is 9.69 Å². The van der Waals surface area contributed by atoms with Crippen LogP contribution in [-0.2, 0) is 11.3 Å². The van der Waals surface area contributed by atoms with Crippen LogP contribution in [0.4, 0.5) is 0 Å². The topological polar surface area (TPSA) is 49.6 Å². The van der Waals surface area contributed by atoms with Gasteiger partial charge in [0.15, 0.2) is 0 Å². The molecule has 0 aromatic heterocycles. The molecule has 1 saturated heterocycles. The predicted molar refractivity (Wildman–Crippen MR) is 95.7 cm³/mol. The van der Waals surface area contributed by atoms with Crippen molar-refractivity contribution in [2.75, 3.05) is 20.1 Å². The maximum absolute atomic E-state index is 11.9. The predicted octanol–water partition coefficient (Wildman–Crippen LogP) is 2.30. The molecule has 1 aliphatic heterocycles. The minimum absolute atomic E-state index is 0. The average Bonchev–Trinajstić information content (AvgIpc) is 2.47. The second-order valence-corrected chi connectivity index (χ2v) is 5.73. The number of rotatable bonds is 4. The van der Waals surface area contributed by atoms with Crippen molar-refractivity contribution in [1.29, 1.82) is 0 Å². The van der Waals surface area contributed by atoms with Crippen molar-refractivity contribution in [1.82, 2.24) is 9.80 Å². The first-order valence-corrected chi connectivity index (χ1v) is 7.36. The van der Waals surface area contributed by atoms with Gasteiger partial charge in [0, 0.05) is 32.7 Å². The molecule has 1 aliphatic rings. The Morgan fingerprint density at radius 3 is 2.32 bits per heavy atom. The molecule has 1 heterocycles. The number of likely N-dealkylation sites (tertiary alicyclic amines) is 1. The number of hydrogen-bond acceptors (Lipinski definition) is 3. The van der Waals surface area contributed by atoms with E-state index in [4.69, 9.17) is 5.73 Å². The molecule has 0 aliphatic carbocycles. The number of piperidine rings is 1. The van der Waals surface area contributed by atoms with Crippen LogP contribution in [0.3, 0.4) is 0 Å². The fourth-order valence-electron chi connectivity index (χ4n) is 2.81. The van der Waals surface area contributed by atoms with Gasteiger partial charge < -0.3 is 10.6 Å². The third-order valence-corrected chi connectivity index (χ3v) is 4.09. The van der Waals surface area contributed by atoms with Crippen LogP contribution in [-0.4, -0.2) is 47.9 Å². The molecule has 1 aromatic carbocycles. The molecule has 2 rings (SSSR count). The van der Waals surface area contributed by atoms with Crippen LogP contribution < -0.4 is 5.73 Å². The van der Waals surface area contributed by atoms with Crippen LogP contribution in [0.25, 0.3) is 0 Å². The lowest BCUT2D eigenvalue weighted by Crippen LogP contribution is -2.49. The Hall–Kier alpha value is -0.810. The number of carbonyl (C=O) groups excluding carboxylic acids is 1. The number of amides is 1. The summed E-state index contributed by atoms with van der Waals surface area (Å²) in [6.07, 6.45) is 2.06. The molecule has 22 heavy (non-hydrogen) atoms. The number of nitrogens with zero attached hydrogens (tertiary/aromatic N) is 2. The van der Waals surface area contributed by atoms with Crippen molar-refractivity contribution in [2.24, 2.45) is 5.73 Å². The fraction of sp³-hybridized carbons (Fsp3) is 0.562. The van der Waals surface area contributed by atoms with E-state index in [2.05, 4.69) is 29.2 Å². The van der Waals surface area contributed by atoms with Crippen LogP contribution in [0.15, 0.2) is 30.3 Å². The summed E-state index contributed by atoms with van der Waals surface area (Å²) >= 11 is 0. The highest BCUT2D eigenvalue weighted by Crippen LogP contribution is 2.18. The molecule has 4 nitrogen and oxygen atoms in total. The van der Waals surface area contributed by atoms with Gasteiger partial charge in [-0.2, -0.15) is 0 Å². The standard InChI is InChI=1S/C16H25N3O.2ClH/c1-13(17)16(20)18(2)15-8-10-19(11-9-15)12-14-6-4-3-5-7-14;;/h3-7,13,15H,8-12,17H2,1-2H3;2*1H/t13-;;/m1../s1. The molecule has 0 saturated carbocycles. The van der Waals surface area contributed by atoms with E-state index in [1.54, 1.807) is 6.92 Å². The van der Waals surface area contributed by atoms with E-state index in [9.17, 15) is 4.79 Å². The summed E-state index contributed by atoms with van der Waals surface area (Å²) in [4.78, 5) is 16.2. The molecule has 1 amide bonds. The van der Waals surface area contributed by atoms with Crippen LogP contribution in [0, 0.1) is 0 Å². The highest BCUT2D eigenvalue weighted by Gasteiger charge is 2.26. The fourth-order valence-corrected chi connectivity index (χ4v) is 2.81. The minimum Gasteiger partial charge on any atom is -0.341 e. The number of hydrogen-bond donors (Lipinski definition) is 1. The average molecular weight is 348 g/mol. The number of nitrogens with two attached hydrogens (primary N) is 1. The third-order valence-electron chi connectivity index (χ3n) is 4.09. The van der Waals surface area contributed by atoms with Gasteiger partial charge in [0.1, 0.15) is 0 Å². The van der Waals surface area contributed by atoms with E-state index >= 15 is 0 Å². The Balaban J connectivity index is 0.00000220. The first kappa shape index (κ1) is 21.2. The van der Waals surface area contributed by atoms with Gasteiger partial charge in [-0.15, -0.1) is 24.8 Å². The molecular formula is C16H27Cl2N3O. The van der Waals surface area contributed by atoms with E-state index in [-0.39, 0.29) is 30.7 Å². The monoisotopic (exact) mass is 347 g/mol. The number of benzene rings is 1. The Bertz CT molecular complexity index is 434. The molecule has 1 aromatic rings. The van der Waals surface area contributed by atoms with Crippen molar-refractivity contribution in [2.45, 2.75) is 38.4 Å². The Morgan fingerprint density at radius 2 is 1.82 bits per heavy atom. The van der Waals surface area contributed by atoms with Gasteiger partial charge in [-0.05, 0) is 25.3 Å². The van der Waals surface area contributed by atoms with Crippen molar-refractivity contribution in [3.63, 3.8) is 0 Å². The summed E-state index contributed by atoms with van der Waals surface area (Å²) in [5.41, 5.74) is 7.02. The normalized spacial score (nSPS) is 17.0. The van der Waals surface area contributed by atoms with Crippen LogP contribution in [0.2, 0.25) is 0 Å². The van der Waals surface area contributed by atoms with Gasteiger partial charge in [0.25, 0.3) is 0 Å². The van der Waals surface area contributed by atoms with Crippen molar-refractivity contribution in [3.8, 4) is 0 Å². The Labute approximate surface area is 145 Å². The molecule has 0 spiro atoms. The molecule has 0 radical (unpaired) electrons. The second-order valence-electron chi connectivity index (χ2n) is 5.73. The number of halogens is 2. The first-order chi connectivity index (χ1) is 9.58. The zero-order valence-corrected chi connectivity index (χ0v) is 14.9. The van der Waals surface area contributed by atoms with Crippen molar-refractivity contribution in [3.05, 3.63) is 35.9 Å².